The minimum Gasteiger partial charge on any atom is -0.347 e. The summed E-state index contributed by atoms with van der Waals surface area (Å²) in [7, 11) is 0. The van der Waals surface area contributed by atoms with E-state index < -0.39 is 0 Å². The molecule has 0 bridgehead atoms. The third-order valence-corrected chi connectivity index (χ3v) is 3.31. The molecule has 1 atom stereocenters. The molecule has 0 radical (unpaired) electrons. The van der Waals surface area contributed by atoms with Crippen molar-refractivity contribution in [3.63, 3.8) is 0 Å². The molecule has 0 aromatic carbocycles. The minimum atomic E-state index is -0.346. The number of rotatable bonds is 4. The number of pyridine rings is 1. The Hall–Kier alpha value is -1.92. The molecule has 0 unspecified atom stereocenters. The van der Waals surface area contributed by atoms with Crippen LogP contribution in [0.4, 0.5) is 0 Å². The topological polar surface area (TPSA) is 85.8 Å². The SMILES string of the molecule is Cc1cc(C)n(-c2ccc(Cl)c(C(=O)N[C@@H](C)CN)n2)n1. The van der Waals surface area contributed by atoms with Crippen LogP contribution in [0, 0.1) is 13.8 Å². The highest BCUT2D eigenvalue weighted by Gasteiger charge is 2.16. The van der Waals surface area contributed by atoms with Crippen LogP contribution in [0.15, 0.2) is 18.2 Å². The summed E-state index contributed by atoms with van der Waals surface area (Å²) >= 11 is 6.07. The lowest BCUT2D eigenvalue weighted by atomic mass is 10.3. The number of nitrogens with two attached hydrogens (primary N) is 1. The van der Waals surface area contributed by atoms with Crippen LogP contribution in [0.3, 0.4) is 0 Å². The second kappa shape index (κ2) is 6.24. The van der Waals surface area contributed by atoms with E-state index in [1.54, 1.807) is 16.8 Å². The number of carbonyl (C=O) groups excluding carboxylic acids is 1. The van der Waals surface area contributed by atoms with E-state index in [2.05, 4.69) is 15.4 Å². The Morgan fingerprint density at radius 3 is 2.76 bits per heavy atom. The molecule has 2 aromatic heterocycles. The van der Waals surface area contributed by atoms with E-state index in [4.69, 9.17) is 17.3 Å². The van der Waals surface area contributed by atoms with Crippen molar-refractivity contribution in [2.75, 3.05) is 6.54 Å². The highest BCUT2D eigenvalue weighted by molar-refractivity contribution is 6.33. The van der Waals surface area contributed by atoms with Gasteiger partial charge in [0.25, 0.3) is 5.91 Å². The molecule has 0 aliphatic carbocycles. The predicted octanol–water partition coefficient (Wildman–Crippen LogP) is 1.61. The highest BCUT2D eigenvalue weighted by atomic mass is 35.5. The van der Waals surface area contributed by atoms with Gasteiger partial charge in [-0.15, -0.1) is 0 Å². The van der Waals surface area contributed by atoms with Gasteiger partial charge >= 0.3 is 0 Å². The molecule has 0 fully saturated rings. The van der Waals surface area contributed by atoms with E-state index >= 15 is 0 Å². The third-order valence-electron chi connectivity index (χ3n) is 3.00. The lowest BCUT2D eigenvalue weighted by Gasteiger charge is -2.12. The summed E-state index contributed by atoms with van der Waals surface area (Å²) in [5, 5.41) is 7.39. The number of hydrogen-bond acceptors (Lipinski definition) is 4. The number of nitrogens with zero attached hydrogens (tertiary/aromatic N) is 3. The average Bonchev–Trinajstić information content (AvgIpc) is 2.78. The molecule has 0 saturated heterocycles. The molecular weight excluding hydrogens is 290 g/mol. The van der Waals surface area contributed by atoms with Crippen LogP contribution in [0.2, 0.25) is 5.02 Å². The summed E-state index contributed by atoms with van der Waals surface area (Å²) in [6.07, 6.45) is 0. The van der Waals surface area contributed by atoms with Crippen molar-refractivity contribution in [1.82, 2.24) is 20.1 Å². The van der Waals surface area contributed by atoms with Crippen molar-refractivity contribution < 1.29 is 4.79 Å². The first kappa shape index (κ1) is 15.5. The normalized spacial score (nSPS) is 12.2. The van der Waals surface area contributed by atoms with Gasteiger partial charge in [-0.05, 0) is 39.0 Å². The molecule has 0 aliphatic rings. The fraction of sp³-hybridized carbons (Fsp3) is 0.357. The monoisotopic (exact) mass is 307 g/mol. The molecule has 3 N–H and O–H groups in total. The van der Waals surface area contributed by atoms with Crippen LogP contribution in [0.25, 0.3) is 5.82 Å². The van der Waals surface area contributed by atoms with E-state index in [1.807, 2.05) is 26.8 Å². The molecule has 0 aliphatic heterocycles. The predicted molar refractivity (Wildman–Crippen MR) is 81.8 cm³/mol. The van der Waals surface area contributed by atoms with Crippen LogP contribution in [-0.2, 0) is 0 Å². The Bertz CT molecular complexity index is 667. The zero-order valence-corrected chi connectivity index (χ0v) is 13.0. The van der Waals surface area contributed by atoms with Crippen LogP contribution < -0.4 is 11.1 Å². The summed E-state index contributed by atoms with van der Waals surface area (Å²) in [5.41, 5.74) is 7.48. The van der Waals surface area contributed by atoms with E-state index in [0.717, 1.165) is 11.4 Å². The average molecular weight is 308 g/mol. The second-order valence-corrected chi connectivity index (χ2v) is 5.36. The summed E-state index contributed by atoms with van der Waals surface area (Å²) in [6.45, 7) is 5.99. The molecule has 6 nitrogen and oxygen atoms in total. The summed E-state index contributed by atoms with van der Waals surface area (Å²) in [6, 6.07) is 5.16. The fourth-order valence-electron chi connectivity index (χ4n) is 1.92. The van der Waals surface area contributed by atoms with Crippen molar-refractivity contribution in [1.29, 1.82) is 0 Å². The molecule has 0 spiro atoms. The number of aryl methyl sites for hydroxylation is 2. The highest BCUT2D eigenvalue weighted by Crippen LogP contribution is 2.17. The molecule has 2 rings (SSSR count). The lowest BCUT2D eigenvalue weighted by Crippen LogP contribution is -2.38. The second-order valence-electron chi connectivity index (χ2n) is 4.95. The fourth-order valence-corrected chi connectivity index (χ4v) is 2.11. The molecule has 7 heteroatoms. The molecule has 2 heterocycles. The van der Waals surface area contributed by atoms with Crippen LogP contribution in [0.5, 0.6) is 0 Å². The van der Waals surface area contributed by atoms with Crippen LogP contribution in [0.1, 0.15) is 28.8 Å². The molecule has 0 saturated carbocycles. The maximum absolute atomic E-state index is 12.2. The largest absolute Gasteiger partial charge is 0.347 e. The Morgan fingerprint density at radius 2 is 2.19 bits per heavy atom. The first-order valence-electron chi connectivity index (χ1n) is 6.63. The Labute approximate surface area is 128 Å². The first-order chi connectivity index (χ1) is 9.92. The van der Waals surface area contributed by atoms with E-state index in [-0.39, 0.29) is 17.6 Å². The Morgan fingerprint density at radius 1 is 1.48 bits per heavy atom. The molecular formula is C14H18ClN5O. The maximum atomic E-state index is 12.2. The number of hydrogen-bond donors (Lipinski definition) is 2. The van der Waals surface area contributed by atoms with Gasteiger partial charge in [0.15, 0.2) is 5.82 Å². The van der Waals surface area contributed by atoms with Crippen molar-refractivity contribution in [3.05, 3.63) is 40.3 Å². The first-order valence-corrected chi connectivity index (χ1v) is 7.01. The zero-order valence-electron chi connectivity index (χ0n) is 12.2. The van der Waals surface area contributed by atoms with Gasteiger partial charge in [-0.2, -0.15) is 5.10 Å². The smallest absolute Gasteiger partial charge is 0.271 e. The van der Waals surface area contributed by atoms with E-state index in [9.17, 15) is 4.79 Å². The van der Waals surface area contributed by atoms with Crippen molar-refractivity contribution >= 4 is 17.5 Å². The standard InChI is InChI=1S/C14H18ClN5O/c1-8-6-10(3)20(19-8)12-5-4-11(15)13(18-12)14(21)17-9(2)7-16/h4-6,9H,7,16H2,1-3H3,(H,17,21)/t9-/m0/s1. The third kappa shape index (κ3) is 3.40. The molecule has 2 aromatic rings. The zero-order chi connectivity index (χ0) is 15.6. The lowest BCUT2D eigenvalue weighted by molar-refractivity contribution is 0.0936. The van der Waals surface area contributed by atoms with Gasteiger partial charge in [-0.3, -0.25) is 4.79 Å². The van der Waals surface area contributed by atoms with Crippen LogP contribution in [-0.4, -0.2) is 33.3 Å². The van der Waals surface area contributed by atoms with Crippen LogP contribution >= 0.6 is 11.6 Å². The van der Waals surface area contributed by atoms with Gasteiger partial charge in [0, 0.05) is 18.3 Å². The summed E-state index contributed by atoms with van der Waals surface area (Å²) in [4.78, 5) is 16.5. The number of nitrogens with one attached hydrogen (secondary N) is 1. The van der Waals surface area contributed by atoms with E-state index in [0.29, 0.717) is 17.4 Å². The van der Waals surface area contributed by atoms with Crippen molar-refractivity contribution in [2.24, 2.45) is 5.73 Å². The number of carbonyl (C=O) groups is 1. The Kier molecular flexibility index (Phi) is 4.59. The summed E-state index contributed by atoms with van der Waals surface area (Å²) in [5.74, 6) is 0.205. The van der Waals surface area contributed by atoms with Crippen molar-refractivity contribution in [3.8, 4) is 5.82 Å². The number of halogens is 1. The van der Waals surface area contributed by atoms with Gasteiger partial charge in [0.1, 0.15) is 5.69 Å². The van der Waals surface area contributed by atoms with E-state index in [1.165, 1.54) is 0 Å². The molecule has 21 heavy (non-hydrogen) atoms. The molecule has 1 amide bonds. The quantitative estimate of drug-likeness (QED) is 0.898. The van der Waals surface area contributed by atoms with Gasteiger partial charge in [-0.1, -0.05) is 11.6 Å². The van der Waals surface area contributed by atoms with Crippen molar-refractivity contribution in [2.45, 2.75) is 26.8 Å². The number of amides is 1. The summed E-state index contributed by atoms with van der Waals surface area (Å²) < 4.78 is 1.68. The minimum absolute atomic E-state index is 0.146. The number of aromatic nitrogens is 3. The Balaban J connectivity index is 2.38. The van der Waals surface area contributed by atoms with Gasteiger partial charge in [0.05, 0.1) is 10.7 Å². The maximum Gasteiger partial charge on any atom is 0.271 e. The van der Waals surface area contributed by atoms with Gasteiger partial charge in [-0.25, -0.2) is 9.67 Å². The van der Waals surface area contributed by atoms with Gasteiger partial charge < -0.3 is 11.1 Å². The molecule has 112 valence electrons. The van der Waals surface area contributed by atoms with Gasteiger partial charge in [0.2, 0.25) is 0 Å².